The monoisotopic (exact) mass is 749 g/mol. The molecule has 53 heavy (non-hydrogen) atoms. The molecule has 13 nitrogen and oxygen atoms in total. The average Bonchev–Trinajstić information content (AvgIpc) is 3.97. The highest BCUT2D eigenvalue weighted by atomic mass is 32.2. The van der Waals surface area contributed by atoms with Crippen LogP contribution in [0.25, 0.3) is 10.9 Å². The number of amides is 4. The summed E-state index contributed by atoms with van der Waals surface area (Å²) in [6.45, 7) is 8.79. The van der Waals surface area contributed by atoms with Gasteiger partial charge in [-0.05, 0) is 92.1 Å². The Morgan fingerprint density at radius 2 is 1.83 bits per heavy atom. The number of nitrogens with zero attached hydrogens (tertiary/aromatic N) is 2. The number of allylic oxidation sites excluding steroid dienone is 1. The molecule has 3 N–H and O–H groups in total. The summed E-state index contributed by atoms with van der Waals surface area (Å²) in [6, 6.07) is 5.82. The highest BCUT2D eigenvalue weighted by molar-refractivity contribution is 7.91. The number of carbonyl (C=O) groups is 4. The molecule has 4 amide bonds. The number of carbonyl (C=O) groups excluding carboxylic acids is 4. The standard InChI is InChI=1S/C39H51N5O8S/c1-24-31-27(26-14-11-12-15-28(26)40-24)17-18-38(51-31)22-30-32(45)42-39(34(47)43-53(49,50)37(5)19-20-37)21-25(39)13-9-7-6-8-10-16-29(33(46)44(30)23-38)41-35(48)52-36(2,3)4/h9,11-15,25,29-30H,6-8,10,16-23H2,1-5H3,(H,41,48)(H,42,45)(H,43,47)/b13-9-/t25-,29+,30+,38+,39-/m1/s1. The Kier molecular flexibility index (Phi) is 9.30. The van der Waals surface area contributed by atoms with Crippen molar-refractivity contribution in [3.8, 4) is 5.75 Å². The number of rotatable bonds is 4. The number of ether oxygens (including phenoxy) is 2. The maximum Gasteiger partial charge on any atom is 0.408 e. The van der Waals surface area contributed by atoms with Crippen LogP contribution in [0.5, 0.6) is 5.75 Å². The van der Waals surface area contributed by atoms with Crippen molar-refractivity contribution in [1.29, 1.82) is 0 Å². The number of sulfonamides is 1. The first-order valence-corrected chi connectivity index (χ1v) is 20.4. The third kappa shape index (κ3) is 7.23. The fourth-order valence-electron chi connectivity index (χ4n) is 8.09. The van der Waals surface area contributed by atoms with Gasteiger partial charge in [-0.15, -0.1) is 0 Å². The molecule has 2 saturated carbocycles. The van der Waals surface area contributed by atoms with E-state index in [1.54, 1.807) is 27.7 Å². The zero-order valence-electron chi connectivity index (χ0n) is 31.3. The van der Waals surface area contributed by atoms with Crippen LogP contribution in [0.1, 0.15) is 103 Å². The molecule has 7 rings (SSSR count). The molecule has 1 saturated heterocycles. The highest BCUT2D eigenvalue weighted by Crippen LogP contribution is 2.49. The van der Waals surface area contributed by atoms with E-state index < -0.39 is 73.3 Å². The van der Waals surface area contributed by atoms with Gasteiger partial charge < -0.3 is 25.0 Å². The molecule has 3 aliphatic heterocycles. The summed E-state index contributed by atoms with van der Waals surface area (Å²) < 4.78 is 40.0. The van der Waals surface area contributed by atoms with Gasteiger partial charge in [-0.1, -0.05) is 43.2 Å². The van der Waals surface area contributed by atoms with Crippen LogP contribution in [0, 0.1) is 12.8 Å². The third-order valence-electron chi connectivity index (χ3n) is 11.6. The molecule has 4 heterocycles. The molecular weight excluding hydrogens is 699 g/mol. The Balaban J connectivity index is 1.23. The summed E-state index contributed by atoms with van der Waals surface area (Å²) in [5, 5.41) is 6.72. The molecule has 5 atom stereocenters. The van der Waals surface area contributed by atoms with E-state index in [0.29, 0.717) is 56.4 Å². The zero-order chi connectivity index (χ0) is 38.0. The molecule has 0 bridgehead atoms. The lowest BCUT2D eigenvalue weighted by Crippen LogP contribution is -2.58. The number of nitrogens with one attached hydrogen (secondary N) is 3. The van der Waals surface area contributed by atoms with Crippen molar-refractivity contribution in [2.75, 3.05) is 6.54 Å². The van der Waals surface area contributed by atoms with Crippen LogP contribution in [0.4, 0.5) is 4.79 Å². The van der Waals surface area contributed by atoms with Gasteiger partial charge in [0.05, 0.1) is 22.5 Å². The van der Waals surface area contributed by atoms with E-state index in [9.17, 15) is 27.6 Å². The first-order chi connectivity index (χ1) is 24.9. The molecule has 2 aromatic rings. The van der Waals surface area contributed by atoms with Crippen molar-refractivity contribution in [2.45, 2.75) is 139 Å². The van der Waals surface area contributed by atoms with Gasteiger partial charge in [-0.2, -0.15) is 0 Å². The van der Waals surface area contributed by atoms with Crippen LogP contribution in [0.2, 0.25) is 0 Å². The Labute approximate surface area is 311 Å². The lowest BCUT2D eigenvalue weighted by atomic mass is 9.87. The van der Waals surface area contributed by atoms with Crippen molar-refractivity contribution in [1.82, 2.24) is 25.2 Å². The molecule has 3 fully saturated rings. The Hall–Kier alpha value is -4.20. The number of para-hydroxylation sites is 1. The molecular formula is C39H51N5O8S. The summed E-state index contributed by atoms with van der Waals surface area (Å²) >= 11 is 0. The van der Waals surface area contributed by atoms with Crippen molar-refractivity contribution in [2.24, 2.45) is 5.92 Å². The smallest absolute Gasteiger partial charge is 0.408 e. The van der Waals surface area contributed by atoms with E-state index in [1.165, 1.54) is 4.90 Å². The van der Waals surface area contributed by atoms with E-state index in [0.717, 1.165) is 29.3 Å². The fourth-order valence-corrected chi connectivity index (χ4v) is 9.40. The molecule has 286 valence electrons. The van der Waals surface area contributed by atoms with E-state index in [-0.39, 0.29) is 19.4 Å². The van der Waals surface area contributed by atoms with Crippen molar-refractivity contribution in [3.63, 3.8) is 0 Å². The first kappa shape index (κ1) is 37.1. The molecule has 5 aliphatic rings. The lowest BCUT2D eigenvalue weighted by molar-refractivity contribution is -0.141. The number of fused-ring (bicyclic) bond motifs is 5. The van der Waals surface area contributed by atoms with Crippen LogP contribution in [-0.2, 0) is 35.6 Å². The summed E-state index contributed by atoms with van der Waals surface area (Å²) in [5.74, 6) is -1.58. The number of aromatic nitrogens is 1. The zero-order valence-corrected chi connectivity index (χ0v) is 32.1. The number of hydrogen-bond donors (Lipinski definition) is 3. The average molecular weight is 750 g/mol. The maximum absolute atomic E-state index is 14.7. The van der Waals surface area contributed by atoms with Gasteiger partial charge in [0.1, 0.15) is 34.6 Å². The van der Waals surface area contributed by atoms with Crippen molar-refractivity contribution in [3.05, 3.63) is 47.7 Å². The second-order valence-corrected chi connectivity index (χ2v) is 19.1. The molecule has 1 aromatic carbocycles. The number of aryl methyl sites for hydroxylation is 2. The van der Waals surface area contributed by atoms with Gasteiger partial charge in [0.15, 0.2) is 0 Å². The molecule has 1 aromatic heterocycles. The number of benzene rings is 1. The number of pyridine rings is 1. The van der Waals surface area contributed by atoms with E-state index in [4.69, 9.17) is 14.5 Å². The summed E-state index contributed by atoms with van der Waals surface area (Å²) in [6.07, 6.45) is 8.79. The van der Waals surface area contributed by atoms with Crippen LogP contribution < -0.4 is 20.1 Å². The first-order valence-electron chi connectivity index (χ1n) is 18.9. The molecule has 2 aliphatic carbocycles. The predicted octanol–water partition coefficient (Wildman–Crippen LogP) is 4.49. The largest absolute Gasteiger partial charge is 0.483 e. The predicted molar refractivity (Wildman–Crippen MR) is 197 cm³/mol. The van der Waals surface area contributed by atoms with E-state index in [2.05, 4.69) is 15.4 Å². The SMILES string of the molecule is Cc1nc2ccccc2c2c1O[C@@]1(CC2)C[C@H]2C(=O)N[C@]3(C(=O)NS(=O)(=O)C4(C)CC4)C[C@H]3/C=C\CCCCC[C@H](NC(=O)OC(C)(C)C)C(=O)N2C1. The van der Waals surface area contributed by atoms with Gasteiger partial charge >= 0.3 is 6.09 Å². The lowest BCUT2D eigenvalue weighted by Gasteiger charge is -2.36. The summed E-state index contributed by atoms with van der Waals surface area (Å²) in [4.78, 5) is 62.5. The van der Waals surface area contributed by atoms with Crippen LogP contribution in [0.3, 0.4) is 0 Å². The van der Waals surface area contributed by atoms with Crippen LogP contribution in [-0.4, -0.2) is 82.2 Å². The van der Waals surface area contributed by atoms with Gasteiger partial charge in [0.2, 0.25) is 21.8 Å². The third-order valence-corrected chi connectivity index (χ3v) is 13.7. The van der Waals surface area contributed by atoms with E-state index >= 15 is 0 Å². The second-order valence-electron chi connectivity index (χ2n) is 16.9. The number of alkyl carbamates (subject to hydrolysis) is 1. The van der Waals surface area contributed by atoms with Crippen molar-refractivity contribution < 1.29 is 37.1 Å². The van der Waals surface area contributed by atoms with Gasteiger partial charge in [0, 0.05) is 23.3 Å². The quantitative estimate of drug-likeness (QED) is 0.381. The minimum atomic E-state index is -3.98. The van der Waals surface area contributed by atoms with Crippen molar-refractivity contribution >= 4 is 44.7 Å². The number of hydrogen-bond acceptors (Lipinski definition) is 9. The van der Waals surface area contributed by atoms with Crippen LogP contribution in [0.15, 0.2) is 36.4 Å². The molecule has 0 unspecified atom stereocenters. The highest BCUT2D eigenvalue weighted by Gasteiger charge is 2.64. The molecule has 1 spiro atoms. The van der Waals surface area contributed by atoms with Gasteiger partial charge in [-0.3, -0.25) is 19.1 Å². The molecule has 14 heteroatoms. The fraction of sp³-hybridized carbons (Fsp3) is 0.615. The second kappa shape index (κ2) is 13.3. The molecule has 0 radical (unpaired) electrons. The van der Waals surface area contributed by atoms with Crippen LogP contribution >= 0.6 is 0 Å². The minimum absolute atomic E-state index is 0.0669. The summed E-state index contributed by atoms with van der Waals surface area (Å²) in [5.41, 5.74) is -0.650. The Morgan fingerprint density at radius 3 is 2.57 bits per heavy atom. The topological polar surface area (TPSA) is 173 Å². The summed E-state index contributed by atoms with van der Waals surface area (Å²) in [7, 11) is -3.98. The maximum atomic E-state index is 14.7. The van der Waals surface area contributed by atoms with E-state index in [1.807, 2.05) is 43.3 Å². The Morgan fingerprint density at radius 1 is 1.08 bits per heavy atom. The van der Waals surface area contributed by atoms with Gasteiger partial charge in [0.25, 0.3) is 5.91 Å². The Bertz CT molecular complexity index is 1990. The minimum Gasteiger partial charge on any atom is -0.483 e. The van der Waals surface area contributed by atoms with Gasteiger partial charge in [-0.25, -0.2) is 18.2 Å². The normalized spacial score (nSPS) is 30.4.